The first-order valence-electron chi connectivity index (χ1n) is 7.87. The van der Waals surface area contributed by atoms with Crippen LogP contribution in [0.15, 0.2) is 24.3 Å². The third-order valence-corrected chi connectivity index (χ3v) is 4.47. The highest BCUT2D eigenvalue weighted by atomic mass is 19.4. The van der Waals surface area contributed by atoms with E-state index in [2.05, 4.69) is 5.32 Å². The monoisotopic (exact) mass is 354 g/mol. The number of hydrogen-bond acceptors (Lipinski definition) is 2. The molecular formula is C17H17F3N2O3. The number of carboxylic acid groups (broad SMARTS) is 1. The Labute approximate surface area is 141 Å². The molecule has 1 aromatic carbocycles. The molecule has 2 aromatic rings. The van der Waals surface area contributed by atoms with Crippen molar-refractivity contribution in [3.63, 3.8) is 0 Å². The van der Waals surface area contributed by atoms with E-state index in [1.54, 1.807) is 7.05 Å². The fourth-order valence-electron chi connectivity index (χ4n) is 2.88. The summed E-state index contributed by atoms with van der Waals surface area (Å²) in [7, 11) is 1.56. The lowest BCUT2D eigenvalue weighted by Gasteiger charge is -2.14. The molecule has 134 valence electrons. The second-order valence-corrected chi connectivity index (χ2v) is 6.40. The number of amides is 1. The summed E-state index contributed by atoms with van der Waals surface area (Å²) >= 11 is 0. The van der Waals surface area contributed by atoms with Gasteiger partial charge in [-0.05, 0) is 36.6 Å². The van der Waals surface area contributed by atoms with Crippen LogP contribution >= 0.6 is 0 Å². The van der Waals surface area contributed by atoms with Gasteiger partial charge >= 0.3 is 12.1 Å². The number of fused-ring (bicyclic) bond motifs is 1. The van der Waals surface area contributed by atoms with Gasteiger partial charge in [0.1, 0.15) is 11.7 Å². The average molecular weight is 354 g/mol. The smallest absolute Gasteiger partial charge is 0.416 e. The molecule has 3 rings (SSSR count). The molecule has 1 aliphatic carbocycles. The van der Waals surface area contributed by atoms with E-state index < -0.39 is 29.7 Å². The molecule has 0 bridgehead atoms. The van der Waals surface area contributed by atoms with E-state index in [0.717, 1.165) is 25.0 Å². The van der Waals surface area contributed by atoms with Crippen molar-refractivity contribution in [2.45, 2.75) is 31.5 Å². The second kappa shape index (κ2) is 6.09. The second-order valence-electron chi connectivity index (χ2n) is 6.40. The summed E-state index contributed by atoms with van der Waals surface area (Å²) in [6.07, 6.45) is -2.20. The number of aliphatic carboxylic acids is 1. The van der Waals surface area contributed by atoms with Crippen LogP contribution in [-0.2, 0) is 18.0 Å². The SMILES string of the molecule is Cn1c(C(=O)NC(CC2CC2)C(=O)O)cc2cc(C(F)(F)F)ccc21. The number of hydrogen-bond donors (Lipinski definition) is 2. The van der Waals surface area contributed by atoms with Gasteiger partial charge in [-0.2, -0.15) is 13.2 Å². The van der Waals surface area contributed by atoms with Gasteiger partial charge in [0.15, 0.2) is 0 Å². The van der Waals surface area contributed by atoms with E-state index in [0.29, 0.717) is 17.9 Å². The molecule has 0 aliphatic heterocycles. The maximum atomic E-state index is 12.8. The molecule has 8 heteroatoms. The van der Waals surface area contributed by atoms with E-state index in [1.807, 2.05) is 0 Å². The number of carbonyl (C=O) groups excluding carboxylic acids is 1. The molecular weight excluding hydrogens is 337 g/mol. The van der Waals surface area contributed by atoms with Gasteiger partial charge in [-0.25, -0.2) is 4.79 Å². The molecule has 1 amide bonds. The zero-order chi connectivity index (χ0) is 18.4. The van der Waals surface area contributed by atoms with Gasteiger partial charge in [0.2, 0.25) is 0 Å². The third kappa shape index (κ3) is 3.62. The standard InChI is InChI=1S/C17H17F3N2O3/c1-22-13-5-4-11(17(18,19)20)7-10(13)8-14(22)15(23)21-12(16(24)25)6-9-2-3-9/h4-5,7-9,12H,2-3,6H2,1H3,(H,21,23)(H,24,25). The number of aryl methyl sites for hydroxylation is 1. The van der Waals surface area contributed by atoms with Crippen LogP contribution in [0.25, 0.3) is 10.9 Å². The number of nitrogens with zero attached hydrogens (tertiary/aromatic N) is 1. The minimum Gasteiger partial charge on any atom is -0.480 e. The van der Waals surface area contributed by atoms with Crippen molar-refractivity contribution in [2.75, 3.05) is 0 Å². The maximum absolute atomic E-state index is 12.8. The zero-order valence-corrected chi connectivity index (χ0v) is 13.4. The first-order valence-corrected chi connectivity index (χ1v) is 7.87. The highest BCUT2D eigenvalue weighted by molar-refractivity contribution is 6.00. The normalized spacial score (nSPS) is 16.0. The lowest BCUT2D eigenvalue weighted by Crippen LogP contribution is -2.41. The number of aromatic nitrogens is 1. The summed E-state index contributed by atoms with van der Waals surface area (Å²) in [5.41, 5.74) is -0.210. The number of halogens is 3. The van der Waals surface area contributed by atoms with E-state index in [9.17, 15) is 27.9 Å². The molecule has 1 atom stereocenters. The molecule has 2 N–H and O–H groups in total. The predicted octanol–water partition coefficient (Wildman–Crippen LogP) is 3.18. The summed E-state index contributed by atoms with van der Waals surface area (Å²) < 4.78 is 39.9. The van der Waals surface area contributed by atoms with Crippen LogP contribution in [-0.4, -0.2) is 27.6 Å². The Hall–Kier alpha value is -2.51. The molecule has 1 heterocycles. The van der Waals surface area contributed by atoms with Crippen LogP contribution in [0.3, 0.4) is 0 Å². The van der Waals surface area contributed by atoms with Crippen LogP contribution in [0.2, 0.25) is 0 Å². The zero-order valence-electron chi connectivity index (χ0n) is 13.4. The molecule has 5 nitrogen and oxygen atoms in total. The van der Waals surface area contributed by atoms with Crippen molar-refractivity contribution >= 4 is 22.8 Å². The average Bonchev–Trinajstić information content (AvgIpc) is 3.28. The minimum absolute atomic E-state index is 0.122. The highest BCUT2D eigenvalue weighted by Crippen LogP contribution is 2.34. The number of benzene rings is 1. The number of carboxylic acids is 1. The fraction of sp³-hybridized carbons (Fsp3) is 0.412. The Morgan fingerprint density at radius 3 is 2.56 bits per heavy atom. The minimum atomic E-state index is -4.47. The fourth-order valence-corrected chi connectivity index (χ4v) is 2.88. The molecule has 1 unspecified atom stereocenters. The van der Waals surface area contributed by atoms with Crippen molar-refractivity contribution in [3.05, 3.63) is 35.5 Å². The topological polar surface area (TPSA) is 71.3 Å². The Kier molecular flexibility index (Phi) is 4.22. The lowest BCUT2D eigenvalue weighted by molar-refractivity contribution is -0.139. The first-order chi connectivity index (χ1) is 11.7. The van der Waals surface area contributed by atoms with Crippen molar-refractivity contribution in [1.82, 2.24) is 9.88 Å². The lowest BCUT2D eigenvalue weighted by atomic mass is 10.1. The van der Waals surface area contributed by atoms with Gasteiger partial charge in [-0.3, -0.25) is 4.79 Å². The van der Waals surface area contributed by atoms with Crippen LogP contribution in [0.5, 0.6) is 0 Å². The van der Waals surface area contributed by atoms with E-state index in [4.69, 9.17) is 0 Å². The Morgan fingerprint density at radius 1 is 1.32 bits per heavy atom. The highest BCUT2D eigenvalue weighted by Gasteiger charge is 2.32. The van der Waals surface area contributed by atoms with Gasteiger partial charge in [0.25, 0.3) is 5.91 Å². The molecule has 1 fully saturated rings. The van der Waals surface area contributed by atoms with Gasteiger partial charge in [-0.1, -0.05) is 12.8 Å². The summed E-state index contributed by atoms with van der Waals surface area (Å²) in [6, 6.07) is 3.58. The van der Waals surface area contributed by atoms with Crippen molar-refractivity contribution in [2.24, 2.45) is 13.0 Å². The number of rotatable bonds is 5. The summed E-state index contributed by atoms with van der Waals surface area (Å²) in [4.78, 5) is 23.7. The summed E-state index contributed by atoms with van der Waals surface area (Å²) in [6.45, 7) is 0. The molecule has 1 aliphatic rings. The predicted molar refractivity (Wildman–Crippen MR) is 84.2 cm³/mol. The molecule has 0 saturated heterocycles. The molecule has 25 heavy (non-hydrogen) atoms. The maximum Gasteiger partial charge on any atom is 0.416 e. The number of nitrogens with one attached hydrogen (secondary N) is 1. The van der Waals surface area contributed by atoms with Gasteiger partial charge in [-0.15, -0.1) is 0 Å². The van der Waals surface area contributed by atoms with Crippen molar-refractivity contribution in [1.29, 1.82) is 0 Å². The van der Waals surface area contributed by atoms with Crippen molar-refractivity contribution < 1.29 is 27.9 Å². The van der Waals surface area contributed by atoms with Gasteiger partial charge in [0.05, 0.1) is 5.56 Å². The summed E-state index contributed by atoms with van der Waals surface area (Å²) in [5, 5.41) is 12.0. The van der Waals surface area contributed by atoms with Crippen LogP contribution < -0.4 is 5.32 Å². The third-order valence-electron chi connectivity index (χ3n) is 4.47. The van der Waals surface area contributed by atoms with Crippen LogP contribution in [0.1, 0.15) is 35.3 Å². The Bertz CT molecular complexity index is 838. The number of carbonyl (C=O) groups is 2. The number of alkyl halides is 3. The first kappa shape index (κ1) is 17.3. The Morgan fingerprint density at radius 2 is 2.00 bits per heavy atom. The van der Waals surface area contributed by atoms with Crippen LogP contribution in [0, 0.1) is 5.92 Å². The molecule has 0 spiro atoms. The summed E-state index contributed by atoms with van der Waals surface area (Å²) in [5.74, 6) is -1.41. The molecule has 1 aromatic heterocycles. The van der Waals surface area contributed by atoms with E-state index in [-0.39, 0.29) is 11.1 Å². The Balaban J connectivity index is 1.87. The van der Waals surface area contributed by atoms with E-state index in [1.165, 1.54) is 16.7 Å². The van der Waals surface area contributed by atoms with E-state index >= 15 is 0 Å². The van der Waals surface area contributed by atoms with Gasteiger partial charge < -0.3 is 15.0 Å². The molecule has 1 saturated carbocycles. The van der Waals surface area contributed by atoms with Crippen LogP contribution in [0.4, 0.5) is 13.2 Å². The largest absolute Gasteiger partial charge is 0.480 e. The molecule has 0 radical (unpaired) electrons. The van der Waals surface area contributed by atoms with Crippen molar-refractivity contribution in [3.8, 4) is 0 Å². The van der Waals surface area contributed by atoms with Gasteiger partial charge in [0, 0.05) is 18.0 Å². The quantitative estimate of drug-likeness (QED) is 0.866.